The molecule has 3 rings (SSSR count). The maximum absolute atomic E-state index is 12.2. The molecule has 0 spiro atoms. The first-order valence-electron chi connectivity index (χ1n) is 9.14. The van der Waals surface area contributed by atoms with Gasteiger partial charge in [-0.25, -0.2) is 4.79 Å². The standard InChI is InChI=1S/C20H28O5/c1-5-11(2)10-24-15-7-6-13-8-16-14(12(3)19(23)25-16)9-20(13,4)17(15)18(21)22/h5,13,15-17H,6-10H2,1-4H3,(H,21,22)/b11-5+/t13-,15?,16?,17-,20+/m1/s1. The predicted molar refractivity (Wildman–Crippen MR) is 92.9 cm³/mol. The molecule has 0 saturated heterocycles. The van der Waals surface area contributed by atoms with Crippen LogP contribution in [-0.2, 0) is 19.1 Å². The van der Waals surface area contributed by atoms with E-state index in [0.717, 1.165) is 30.4 Å². The number of allylic oxidation sites excluding steroid dienone is 1. The average molecular weight is 348 g/mol. The number of fused-ring (bicyclic) bond motifs is 2. The molecule has 5 heteroatoms. The van der Waals surface area contributed by atoms with E-state index < -0.39 is 17.3 Å². The molecule has 1 heterocycles. The lowest BCUT2D eigenvalue weighted by Crippen LogP contribution is -2.54. The fourth-order valence-corrected chi connectivity index (χ4v) is 4.89. The smallest absolute Gasteiger partial charge is 0.334 e. The summed E-state index contributed by atoms with van der Waals surface area (Å²) in [4.78, 5) is 24.1. The second-order valence-corrected chi connectivity index (χ2v) is 8.04. The Bertz CT molecular complexity index is 646. The molecule has 2 unspecified atom stereocenters. The van der Waals surface area contributed by atoms with Crippen molar-refractivity contribution >= 4 is 11.9 Å². The van der Waals surface area contributed by atoms with E-state index in [1.54, 1.807) is 6.92 Å². The lowest BCUT2D eigenvalue weighted by molar-refractivity contribution is -0.170. The van der Waals surface area contributed by atoms with Gasteiger partial charge in [0.05, 0.1) is 18.6 Å². The number of carbonyl (C=O) groups excluding carboxylic acids is 1. The number of rotatable bonds is 4. The number of hydrogen-bond donors (Lipinski definition) is 1. The number of ether oxygens (including phenoxy) is 2. The van der Waals surface area contributed by atoms with Gasteiger partial charge in [0.1, 0.15) is 6.10 Å². The highest BCUT2D eigenvalue weighted by molar-refractivity contribution is 5.91. The second-order valence-electron chi connectivity index (χ2n) is 8.04. The highest BCUT2D eigenvalue weighted by atomic mass is 16.5. The number of carboxylic acid groups (broad SMARTS) is 1. The van der Waals surface area contributed by atoms with Gasteiger partial charge in [0.25, 0.3) is 0 Å². The summed E-state index contributed by atoms with van der Waals surface area (Å²) in [6.07, 6.45) is 4.56. The summed E-state index contributed by atoms with van der Waals surface area (Å²) >= 11 is 0. The maximum atomic E-state index is 12.2. The highest BCUT2D eigenvalue weighted by Crippen LogP contribution is 2.57. The topological polar surface area (TPSA) is 72.8 Å². The fraction of sp³-hybridized carbons (Fsp3) is 0.700. The summed E-state index contributed by atoms with van der Waals surface area (Å²) < 4.78 is 11.5. The highest BCUT2D eigenvalue weighted by Gasteiger charge is 2.57. The third kappa shape index (κ3) is 3.03. The molecular weight excluding hydrogens is 320 g/mol. The van der Waals surface area contributed by atoms with Gasteiger partial charge in [-0.1, -0.05) is 18.6 Å². The summed E-state index contributed by atoms with van der Waals surface area (Å²) in [6.45, 7) is 8.28. The van der Waals surface area contributed by atoms with Gasteiger partial charge >= 0.3 is 11.9 Å². The van der Waals surface area contributed by atoms with Gasteiger partial charge in [-0.3, -0.25) is 4.79 Å². The Labute approximate surface area is 149 Å². The Balaban J connectivity index is 1.88. The molecule has 0 radical (unpaired) electrons. The molecule has 0 amide bonds. The summed E-state index contributed by atoms with van der Waals surface area (Å²) in [5, 5.41) is 9.98. The van der Waals surface area contributed by atoms with Crippen LogP contribution in [0.2, 0.25) is 0 Å². The van der Waals surface area contributed by atoms with Crippen molar-refractivity contribution < 1.29 is 24.2 Å². The quantitative estimate of drug-likeness (QED) is 0.622. The molecule has 0 aromatic heterocycles. The van der Waals surface area contributed by atoms with E-state index in [-0.39, 0.29) is 24.1 Å². The molecule has 2 fully saturated rings. The molecule has 0 aromatic carbocycles. The molecule has 5 nitrogen and oxygen atoms in total. The molecular formula is C20H28O5. The lowest BCUT2D eigenvalue weighted by atomic mass is 9.53. The van der Waals surface area contributed by atoms with Crippen molar-refractivity contribution in [2.45, 2.75) is 65.6 Å². The Morgan fingerprint density at radius 3 is 2.80 bits per heavy atom. The van der Waals surface area contributed by atoms with Crippen molar-refractivity contribution in [3.8, 4) is 0 Å². The van der Waals surface area contributed by atoms with Crippen LogP contribution in [0.3, 0.4) is 0 Å². The van der Waals surface area contributed by atoms with Gasteiger partial charge in [-0.05, 0) is 63.4 Å². The average Bonchev–Trinajstić information content (AvgIpc) is 2.83. The SMILES string of the molecule is C/C=C(\C)COC1CC[C@@H]2CC3OC(=O)C(C)=C3C[C@]2(C)[C@H]1C(=O)O. The van der Waals surface area contributed by atoms with Crippen molar-refractivity contribution in [3.63, 3.8) is 0 Å². The number of carboxylic acids is 1. The monoisotopic (exact) mass is 348 g/mol. The van der Waals surface area contributed by atoms with Crippen molar-refractivity contribution in [2.24, 2.45) is 17.3 Å². The minimum Gasteiger partial charge on any atom is -0.481 e. The zero-order chi connectivity index (χ0) is 18.4. The van der Waals surface area contributed by atoms with Crippen LogP contribution in [0.4, 0.5) is 0 Å². The van der Waals surface area contributed by atoms with Crippen LogP contribution >= 0.6 is 0 Å². The first kappa shape index (κ1) is 18.2. The van der Waals surface area contributed by atoms with E-state index in [0.29, 0.717) is 18.6 Å². The molecule has 138 valence electrons. The summed E-state index contributed by atoms with van der Waals surface area (Å²) in [5.41, 5.74) is 2.37. The molecule has 0 aromatic rings. The van der Waals surface area contributed by atoms with Crippen LogP contribution in [0.15, 0.2) is 22.8 Å². The first-order valence-corrected chi connectivity index (χ1v) is 9.14. The van der Waals surface area contributed by atoms with Gasteiger partial charge in [0.15, 0.2) is 0 Å². The molecule has 0 bridgehead atoms. The number of aliphatic carboxylic acids is 1. The van der Waals surface area contributed by atoms with Gasteiger partial charge in [-0.15, -0.1) is 0 Å². The fourth-order valence-electron chi connectivity index (χ4n) is 4.89. The zero-order valence-electron chi connectivity index (χ0n) is 15.5. The minimum absolute atomic E-state index is 0.150. The predicted octanol–water partition coefficient (Wildman–Crippen LogP) is 3.49. The number of carbonyl (C=O) groups is 2. The Hall–Kier alpha value is -1.62. The molecule has 5 atom stereocenters. The van der Waals surface area contributed by atoms with Gasteiger partial charge in [-0.2, -0.15) is 0 Å². The van der Waals surface area contributed by atoms with Crippen LogP contribution in [-0.4, -0.2) is 35.9 Å². The lowest BCUT2D eigenvalue weighted by Gasteiger charge is -2.52. The minimum atomic E-state index is -0.794. The largest absolute Gasteiger partial charge is 0.481 e. The van der Waals surface area contributed by atoms with Gasteiger partial charge < -0.3 is 14.6 Å². The molecule has 3 aliphatic rings. The van der Waals surface area contributed by atoms with E-state index in [2.05, 4.69) is 6.92 Å². The van der Waals surface area contributed by atoms with Crippen molar-refractivity contribution in [1.82, 2.24) is 0 Å². The van der Waals surface area contributed by atoms with Crippen molar-refractivity contribution in [2.75, 3.05) is 6.61 Å². The van der Waals surface area contributed by atoms with Crippen molar-refractivity contribution in [3.05, 3.63) is 22.8 Å². The van der Waals surface area contributed by atoms with Gasteiger partial charge in [0, 0.05) is 5.57 Å². The Morgan fingerprint density at radius 2 is 2.16 bits per heavy atom. The van der Waals surface area contributed by atoms with E-state index in [4.69, 9.17) is 9.47 Å². The van der Waals surface area contributed by atoms with Crippen LogP contribution in [0, 0.1) is 17.3 Å². The summed E-state index contributed by atoms with van der Waals surface area (Å²) in [7, 11) is 0. The molecule has 25 heavy (non-hydrogen) atoms. The molecule has 1 aliphatic heterocycles. The van der Waals surface area contributed by atoms with Gasteiger partial charge in [0.2, 0.25) is 0 Å². The Morgan fingerprint density at radius 1 is 1.44 bits per heavy atom. The molecule has 2 aliphatic carbocycles. The maximum Gasteiger partial charge on any atom is 0.334 e. The second kappa shape index (κ2) is 6.60. The van der Waals surface area contributed by atoms with Crippen LogP contribution in [0.1, 0.15) is 53.4 Å². The number of esters is 1. The Kier molecular flexibility index (Phi) is 4.80. The third-order valence-electron chi connectivity index (χ3n) is 6.59. The van der Waals surface area contributed by atoms with Crippen LogP contribution < -0.4 is 0 Å². The molecule has 1 N–H and O–H groups in total. The molecule has 2 saturated carbocycles. The number of hydrogen-bond acceptors (Lipinski definition) is 4. The first-order chi connectivity index (χ1) is 11.8. The summed E-state index contributed by atoms with van der Waals surface area (Å²) in [5.74, 6) is -1.36. The van der Waals surface area contributed by atoms with E-state index in [1.165, 1.54) is 0 Å². The summed E-state index contributed by atoms with van der Waals surface area (Å²) in [6, 6.07) is 0. The normalized spacial score (nSPS) is 38.2. The van der Waals surface area contributed by atoms with Crippen molar-refractivity contribution in [1.29, 1.82) is 0 Å². The van der Waals surface area contributed by atoms with E-state index in [1.807, 2.05) is 19.9 Å². The van der Waals surface area contributed by atoms with E-state index in [9.17, 15) is 14.7 Å². The third-order valence-corrected chi connectivity index (χ3v) is 6.59. The van der Waals surface area contributed by atoms with Crippen LogP contribution in [0.5, 0.6) is 0 Å². The van der Waals surface area contributed by atoms with E-state index >= 15 is 0 Å². The zero-order valence-corrected chi connectivity index (χ0v) is 15.5. The van der Waals surface area contributed by atoms with Crippen LogP contribution in [0.25, 0.3) is 0 Å².